The Hall–Kier alpha value is -4.01. The molecule has 1 amide bonds. The normalized spacial score (nSPS) is 16.1. The van der Waals surface area contributed by atoms with Crippen LogP contribution in [0.25, 0.3) is 11.1 Å². The van der Waals surface area contributed by atoms with Gasteiger partial charge in [0.2, 0.25) is 5.91 Å². The number of amides is 1. The van der Waals surface area contributed by atoms with Gasteiger partial charge in [-0.15, -0.1) is 0 Å². The van der Waals surface area contributed by atoms with Gasteiger partial charge in [-0.3, -0.25) is 14.3 Å². The minimum atomic E-state index is -0.433. The predicted octanol–water partition coefficient (Wildman–Crippen LogP) is 3.32. The van der Waals surface area contributed by atoms with Crippen molar-refractivity contribution >= 4 is 28.6 Å². The first-order chi connectivity index (χ1) is 16.2. The topological polar surface area (TPSA) is 106 Å². The van der Waals surface area contributed by atoms with Gasteiger partial charge < -0.3 is 14.6 Å². The second-order valence-corrected chi connectivity index (χ2v) is 8.08. The Balaban J connectivity index is 1.24. The van der Waals surface area contributed by atoms with E-state index in [1.807, 2.05) is 41.3 Å². The van der Waals surface area contributed by atoms with Crippen molar-refractivity contribution in [3.8, 4) is 0 Å². The minimum Gasteiger partial charge on any atom is -0.408 e. The minimum absolute atomic E-state index is 0.0331. The lowest BCUT2D eigenvalue weighted by molar-refractivity contribution is -0.132. The number of carbonyl (C=O) groups excluding carboxylic acids is 1. The van der Waals surface area contributed by atoms with E-state index in [9.17, 15) is 9.59 Å². The number of fused-ring (bicyclic) bond motifs is 1. The molecule has 0 bridgehead atoms. The number of carbonyl (C=O) groups is 1. The second kappa shape index (κ2) is 9.23. The van der Waals surface area contributed by atoms with E-state index in [1.165, 1.54) is 4.57 Å². The number of likely N-dealkylation sites (tertiary alicyclic amines) is 1. The van der Waals surface area contributed by atoms with Crippen LogP contribution in [0.15, 0.2) is 70.3 Å². The molecule has 1 N–H and O–H groups in total. The zero-order valence-electron chi connectivity index (χ0n) is 18.1. The summed E-state index contributed by atoms with van der Waals surface area (Å²) >= 11 is 0. The molecule has 0 unspecified atom stereocenters. The maximum atomic E-state index is 13.0. The Kier molecular flexibility index (Phi) is 5.84. The summed E-state index contributed by atoms with van der Waals surface area (Å²) in [5.74, 6) is 1.08. The first kappa shape index (κ1) is 20.9. The van der Waals surface area contributed by atoms with Gasteiger partial charge in [0.1, 0.15) is 11.6 Å². The van der Waals surface area contributed by atoms with Gasteiger partial charge in [-0.2, -0.15) is 0 Å². The number of benzene rings is 1. The van der Waals surface area contributed by atoms with E-state index >= 15 is 0 Å². The summed E-state index contributed by atoms with van der Waals surface area (Å²) in [4.78, 5) is 40.0. The molecular weight excluding hydrogens is 420 g/mol. The highest BCUT2D eigenvalue weighted by Crippen LogP contribution is 2.27. The number of oxazole rings is 1. The van der Waals surface area contributed by atoms with Crippen LogP contribution in [0, 0.1) is 0 Å². The zero-order chi connectivity index (χ0) is 22.6. The molecule has 1 aliphatic heterocycles. The van der Waals surface area contributed by atoms with Gasteiger partial charge in [0.25, 0.3) is 0 Å². The third-order valence-electron chi connectivity index (χ3n) is 5.91. The van der Waals surface area contributed by atoms with Gasteiger partial charge in [-0.05, 0) is 37.1 Å². The SMILES string of the molecule is O=C(CCn1c(=O)oc2ccccc21)N1CCC[C@@H](c2cccc(Nc3cnccn3)n2)C1. The lowest BCUT2D eigenvalue weighted by Gasteiger charge is -2.32. The average Bonchev–Trinajstić information content (AvgIpc) is 3.18. The first-order valence-corrected chi connectivity index (χ1v) is 11.0. The number of anilines is 2. The fourth-order valence-electron chi connectivity index (χ4n) is 4.28. The molecule has 33 heavy (non-hydrogen) atoms. The Labute approximate surface area is 190 Å². The van der Waals surface area contributed by atoms with E-state index in [2.05, 4.69) is 15.3 Å². The molecule has 0 aliphatic carbocycles. The summed E-state index contributed by atoms with van der Waals surface area (Å²) in [6, 6.07) is 13.1. The standard InChI is InChI=1S/C24H24N6O3/c31-23(10-14-30-19-7-1-2-8-20(19)33-24(30)32)29-13-4-5-17(16-29)18-6-3-9-21(27-18)28-22-15-25-11-12-26-22/h1-3,6-9,11-12,15,17H,4-5,10,13-14,16H2,(H,26,27,28)/t17-/m1/s1. The highest BCUT2D eigenvalue weighted by Gasteiger charge is 2.26. The van der Waals surface area contributed by atoms with E-state index in [0.717, 1.165) is 18.5 Å². The molecule has 4 aromatic rings. The van der Waals surface area contributed by atoms with Crippen LogP contribution < -0.4 is 11.1 Å². The maximum Gasteiger partial charge on any atom is 0.419 e. The lowest BCUT2D eigenvalue weighted by atomic mass is 9.94. The second-order valence-electron chi connectivity index (χ2n) is 8.08. The van der Waals surface area contributed by atoms with Crippen molar-refractivity contribution in [2.24, 2.45) is 0 Å². The number of aryl methyl sites for hydroxylation is 1. The maximum absolute atomic E-state index is 13.0. The smallest absolute Gasteiger partial charge is 0.408 e. The van der Waals surface area contributed by atoms with Crippen LogP contribution in [-0.2, 0) is 11.3 Å². The van der Waals surface area contributed by atoms with Crippen LogP contribution in [0.4, 0.5) is 11.6 Å². The summed E-state index contributed by atoms with van der Waals surface area (Å²) < 4.78 is 6.79. The van der Waals surface area contributed by atoms with Gasteiger partial charge in [-0.25, -0.2) is 14.8 Å². The first-order valence-electron chi connectivity index (χ1n) is 11.0. The largest absolute Gasteiger partial charge is 0.419 e. The van der Waals surface area contributed by atoms with Crippen LogP contribution in [0.5, 0.6) is 0 Å². The van der Waals surface area contributed by atoms with Crippen molar-refractivity contribution in [2.45, 2.75) is 31.7 Å². The summed E-state index contributed by atoms with van der Waals surface area (Å²) in [5, 5.41) is 3.17. The van der Waals surface area contributed by atoms with Crippen LogP contribution in [0.2, 0.25) is 0 Å². The number of nitrogens with zero attached hydrogens (tertiary/aromatic N) is 5. The predicted molar refractivity (Wildman–Crippen MR) is 123 cm³/mol. The molecule has 0 spiro atoms. The molecule has 0 radical (unpaired) electrons. The van der Waals surface area contributed by atoms with Crippen molar-refractivity contribution in [1.29, 1.82) is 0 Å². The molecule has 168 valence electrons. The zero-order valence-corrected chi connectivity index (χ0v) is 18.1. The summed E-state index contributed by atoms with van der Waals surface area (Å²) in [5.41, 5.74) is 2.19. The molecule has 5 rings (SSSR count). The third kappa shape index (κ3) is 4.62. The average molecular weight is 444 g/mol. The molecular formula is C24H24N6O3. The van der Waals surface area contributed by atoms with Gasteiger partial charge >= 0.3 is 5.76 Å². The van der Waals surface area contributed by atoms with Crippen LogP contribution >= 0.6 is 0 Å². The molecule has 1 aromatic carbocycles. The van der Waals surface area contributed by atoms with Gasteiger partial charge in [0.05, 0.1) is 11.7 Å². The van der Waals surface area contributed by atoms with E-state index in [4.69, 9.17) is 9.40 Å². The molecule has 9 nitrogen and oxygen atoms in total. The van der Waals surface area contributed by atoms with Crippen molar-refractivity contribution in [1.82, 2.24) is 24.4 Å². The molecule has 1 atom stereocenters. The van der Waals surface area contributed by atoms with Crippen LogP contribution in [0.3, 0.4) is 0 Å². The summed E-state index contributed by atoms with van der Waals surface area (Å²) in [6.45, 7) is 1.63. The number of aromatic nitrogens is 4. The van der Waals surface area contributed by atoms with Crippen molar-refractivity contribution in [3.63, 3.8) is 0 Å². The number of rotatable bonds is 6. The monoisotopic (exact) mass is 444 g/mol. The van der Waals surface area contributed by atoms with Crippen LogP contribution in [0.1, 0.15) is 30.9 Å². The molecule has 1 aliphatic rings. The summed E-state index contributed by atoms with van der Waals surface area (Å²) in [7, 11) is 0. The fraction of sp³-hybridized carbons (Fsp3) is 0.292. The number of para-hydroxylation sites is 2. The van der Waals surface area contributed by atoms with E-state index in [1.54, 1.807) is 24.7 Å². The van der Waals surface area contributed by atoms with Gasteiger partial charge in [0.15, 0.2) is 5.58 Å². The van der Waals surface area contributed by atoms with Crippen molar-refractivity contribution in [3.05, 3.63) is 77.3 Å². The van der Waals surface area contributed by atoms with E-state index in [0.29, 0.717) is 42.4 Å². The molecule has 1 fully saturated rings. The number of hydrogen-bond donors (Lipinski definition) is 1. The third-order valence-corrected chi connectivity index (χ3v) is 5.91. The number of hydrogen-bond acceptors (Lipinski definition) is 7. The summed E-state index contributed by atoms with van der Waals surface area (Å²) in [6.07, 6.45) is 7.01. The Bertz CT molecular complexity index is 1320. The van der Waals surface area contributed by atoms with Crippen molar-refractivity contribution < 1.29 is 9.21 Å². The van der Waals surface area contributed by atoms with Gasteiger partial charge in [0, 0.05) is 50.1 Å². The van der Waals surface area contributed by atoms with Crippen LogP contribution in [-0.4, -0.2) is 43.4 Å². The highest BCUT2D eigenvalue weighted by atomic mass is 16.4. The molecule has 9 heteroatoms. The molecule has 1 saturated heterocycles. The number of pyridine rings is 1. The molecule has 3 aromatic heterocycles. The lowest BCUT2D eigenvalue weighted by Crippen LogP contribution is -2.39. The highest BCUT2D eigenvalue weighted by molar-refractivity contribution is 5.77. The Morgan fingerprint density at radius 2 is 2.03 bits per heavy atom. The molecule has 4 heterocycles. The number of piperidine rings is 1. The van der Waals surface area contributed by atoms with E-state index < -0.39 is 5.76 Å². The molecule has 0 saturated carbocycles. The Morgan fingerprint density at radius 1 is 1.12 bits per heavy atom. The quantitative estimate of drug-likeness (QED) is 0.486. The van der Waals surface area contributed by atoms with E-state index in [-0.39, 0.29) is 18.2 Å². The Morgan fingerprint density at radius 3 is 2.91 bits per heavy atom. The van der Waals surface area contributed by atoms with Gasteiger partial charge in [-0.1, -0.05) is 18.2 Å². The number of nitrogens with one attached hydrogen (secondary N) is 1. The van der Waals surface area contributed by atoms with Crippen molar-refractivity contribution in [2.75, 3.05) is 18.4 Å². The fourth-order valence-corrected chi connectivity index (χ4v) is 4.28.